The van der Waals surface area contributed by atoms with Crippen molar-refractivity contribution in [2.45, 2.75) is 25.2 Å². The van der Waals surface area contributed by atoms with Crippen molar-refractivity contribution in [3.63, 3.8) is 0 Å². The number of hydrogen-bond donors (Lipinski definition) is 1. The van der Waals surface area contributed by atoms with Crippen LogP contribution < -0.4 is 0 Å². The number of hydrogen-bond acceptors (Lipinski definition) is 2. The Kier molecular flexibility index (Phi) is 3.97. The standard InChI is InChI=1S/C14H21NO/c1-15-9-6-14(7-10-15)13-4-2-12(3-5-13)8-11-16/h2-5,14,16H,6-11H2,1H3. The van der Waals surface area contributed by atoms with Crippen LogP contribution in [0.15, 0.2) is 24.3 Å². The molecule has 1 saturated heterocycles. The molecule has 2 nitrogen and oxygen atoms in total. The lowest BCUT2D eigenvalue weighted by Crippen LogP contribution is -2.29. The van der Waals surface area contributed by atoms with Crippen LogP contribution in [0.5, 0.6) is 0 Å². The van der Waals surface area contributed by atoms with Gasteiger partial charge in [0.25, 0.3) is 0 Å². The van der Waals surface area contributed by atoms with Crippen LogP contribution in [0.3, 0.4) is 0 Å². The van der Waals surface area contributed by atoms with Gasteiger partial charge in [0.05, 0.1) is 0 Å². The third-order valence-electron chi connectivity index (χ3n) is 3.57. The Hall–Kier alpha value is -0.860. The Bertz CT molecular complexity index is 312. The molecule has 0 amide bonds. The normalized spacial score (nSPS) is 18.9. The summed E-state index contributed by atoms with van der Waals surface area (Å²) in [6.07, 6.45) is 3.32. The smallest absolute Gasteiger partial charge is 0.0471 e. The molecule has 0 unspecified atom stereocenters. The van der Waals surface area contributed by atoms with Gasteiger partial charge in [0.1, 0.15) is 0 Å². The van der Waals surface area contributed by atoms with E-state index in [2.05, 4.69) is 36.2 Å². The van der Waals surface area contributed by atoms with Crippen LogP contribution in [0.4, 0.5) is 0 Å². The van der Waals surface area contributed by atoms with Gasteiger partial charge in [-0.1, -0.05) is 24.3 Å². The summed E-state index contributed by atoms with van der Waals surface area (Å²) in [5, 5.41) is 8.86. The highest BCUT2D eigenvalue weighted by Gasteiger charge is 2.17. The molecule has 2 heteroatoms. The summed E-state index contributed by atoms with van der Waals surface area (Å²) in [6.45, 7) is 2.67. The van der Waals surface area contributed by atoms with E-state index in [0.717, 1.165) is 12.3 Å². The molecule has 0 spiro atoms. The van der Waals surface area contributed by atoms with Crippen molar-refractivity contribution in [3.8, 4) is 0 Å². The first-order valence-corrected chi connectivity index (χ1v) is 6.18. The lowest BCUT2D eigenvalue weighted by atomic mass is 9.89. The molecule has 1 aromatic rings. The largest absolute Gasteiger partial charge is 0.396 e. The van der Waals surface area contributed by atoms with E-state index in [-0.39, 0.29) is 6.61 Å². The Morgan fingerprint density at radius 1 is 1.19 bits per heavy atom. The number of piperidine rings is 1. The quantitative estimate of drug-likeness (QED) is 0.841. The highest BCUT2D eigenvalue weighted by atomic mass is 16.2. The molecule has 1 aromatic carbocycles. The highest BCUT2D eigenvalue weighted by Crippen LogP contribution is 2.27. The molecule has 1 N–H and O–H groups in total. The molecule has 0 aromatic heterocycles. The van der Waals surface area contributed by atoms with Crippen molar-refractivity contribution in [2.24, 2.45) is 0 Å². The van der Waals surface area contributed by atoms with E-state index >= 15 is 0 Å². The SMILES string of the molecule is CN1CCC(c2ccc(CCO)cc2)CC1. The van der Waals surface area contributed by atoms with Crippen molar-refractivity contribution in [1.82, 2.24) is 4.90 Å². The van der Waals surface area contributed by atoms with Gasteiger partial charge in [0, 0.05) is 6.61 Å². The van der Waals surface area contributed by atoms with E-state index in [1.807, 2.05) is 0 Å². The number of rotatable bonds is 3. The summed E-state index contributed by atoms with van der Waals surface area (Å²) in [4.78, 5) is 2.40. The van der Waals surface area contributed by atoms with Crippen LogP contribution in [0.25, 0.3) is 0 Å². The second kappa shape index (κ2) is 5.46. The molecule has 0 aliphatic carbocycles. The van der Waals surface area contributed by atoms with Gasteiger partial charge in [0.2, 0.25) is 0 Å². The van der Waals surface area contributed by atoms with Crippen LogP contribution >= 0.6 is 0 Å². The Morgan fingerprint density at radius 2 is 1.81 bits per heavy atom. The summed E-state index contributed by atoms with van der Waals surface area (Å²) in [5.41, 5.74) is 2.70. The Morgan fingerprint density at radius 3 is 2.38 bits per heavy atom. The van der Waals surface area contributed by atoms with E-state index in [9.17, 15) is 0 Å². The second-order valence-electron chi connectivity index (χ2n) is 4.79. The number of nitrogens with zero attached hydrogens (tertiary/aromatic N) is 1. The second-order valence-corrected chi connectivity index (χ2v) is 4.79. The van der Waals surface area contributed by atoms with Crippen molar-refractivity contribution < 1.29 is 5.11 Å². The zero-order valence-corrected chi connectivity index (χ0v) is 10.0. The molecule has 0 saturated carbocycles. The summed E-state index contributed by atoms with van der Waals surface area (Å²) in [7, 11) is 2.20. The fourth-order valence-electron chi connectivity index (χ4n) is 2.43. The minimum absolute atomic E-state index is 0.244. The predicted molar refractivity (Wildman–Crippen MR) is 66.7 cm³/mol. The monoisotopic (exact) mass is 219 g/mol. The van der Waals surface area contributed by atoms with Crippen LogP contribution in [0, 0.1) is 0 Å². The lowest BCUT2D eigenvalue weighted by molar-refractivity contribution is 0.255. The van der Waals surface area contributed by atoms with Crippen molar-refractivity contribution in [3.05, 3.63) is 35.4 Å². The zero-order chi connectivity index (χ0) is 11.4. The highest BCUT2D eigenvalue weighted by molar-refractivity contribution is 5.26. The average molecular weight is 219 g/mol. The average Bonchev–Trinajstić information content (AvgIpc) is 2.32. The maximum Gasteiger partial charge on any atom is 0.0471 e. The third-order valence-corrected chi connectivity index (χ3v) is 3.57. The first kappa shape index (κ1) is 11.6. The molecular weight excluding hydrogens is 198 g/mol. The molecule has 1 fully saturated rings. The topological polar surface area (TPSA) is 23.5 Å². The van der Waals surface area contributed by atoms with Gasteiger partial charge < -0.3 is 10.0 Å². The van der Waals surface area contributed by atoms with E-state index in [0.29, 0.717) is 0 Å². The molecule has 16 heavy (non-hydrogen) atoms. The van der Waals surface area contributed by atoms with E-state index < -0.39 is 0 Å². The third kappa shape index (κ3) is 2.83. The maximum atomic E-state index is 8.86. The molecule has 0 atom stereocenters. The molecule has 1 aliphatic rings. The van der Waals surface area contributed by atoms with Gasteiger partial charge in [-0.15, -0.1) is 0 Å². The minimum Gasteiger partial charge on any atom is -0.396 e. The molecule has 2 rings (SSSR count). The number of aliphatic hydroxyl groups is 1. The van der Waals surface area contributed by atoms with Gasteiger partial charge in [-0.05, 0) is 56.4 Å². The van der Waals surface area contributed by atoms with Crippen LogP contribution in [0.1, 0.15) is 29.9 Å². The maximum absolute atomic E-state index is 8.86. The van der Waals surface area contributed by atoms with Crippen LogP contribution in [0.2, 0.25) is 0 Å². The van der Waals surface area contributed by atoms with Crippen molar-refractivity contribution in [2.75, 3.05) is 26.7 Å². The number of likely N-dealkylation sites (tertiary alicyclic amines) is 1. The van der Waals surface area contributed by atoms with E-state index in [4.69, 9.17) is 5.11 Å². The van der Waals surface area contributed by atoms with Gasteiger partial charge in [0.15, 0.2) is 0 Å². The Labute approximate surface area is 97.9 Å². The summed E-state index contributed by atoms with van der Waals surface area (Å²) in [5.74, 6) is 0.736. The predicted octanol–water partition coefficient (Wildman–Crippen LogP) is 2.03. The molecule has 1 aliphatic heterocycles. The minimum atomic E-state index is 0.244. The van der Waals surface area contributed by atoms with Crippen molar-refractivity contribution in [1.29, 1.82) is 0 Å². The van der Waals surface area contributed by atoms with Gasteiger partial charge in [-0.3, -0.25) is 0 Å². The number of aliphatic hydroxyl groups excluding tert-OH is 1. The fraction of sp³-hybridized carbons (Fsp3) is 0.571. The van der Waals surface area contributed by atoms with Crippen LogP contribution in [-0.4, -0.2) is 36.8 Å². The number of benzene rings is 1. The summed E-state index contributed by atoms with van der Waals surface area (Å²) >= 11 is 0. The van der Waals surface area contributed by atoms with Gasteiger partial charge in [-0.2, -0.15) is 0 Å². The Balaban J connectivity index is 1.98. The van der Waals surface area contributed by atoms with Gasteiger partial charge in [-0.25, -0.2) is 0 Å². The fourth-order valence-corrected chi connectivity index (χ4v) is 2.43. The first-order chi connectivity index (χ1) is 7.79. The molecule has 0 bridgehead atoms. The molecule has 0 radical (unpaired) electrons. The van der Waals surface area contributed by atoms with E-state index in [1.165, 1.54) is 37.1 Å². The van der Waals surface area contributed by atoms with Crippen LogP contribution in [-0.2, 0) is 6.42 Å². The lowest BCUT2D eigenvalue weighted by Gasteiger charge is -2.29. The first-order valence-electron chi connectivity index (χ1n) is 6.18. The zero-order valence-electron chi connectivity index (χ0n) is 10.0. The van der Waals surface area contributed by atoms with E-state index in [1.54, 1.807) is 0 Å². The van der Waals surface area contributed by atoms with Gasteiger partial charge >= 0.3 is 0 Å². The summed E-state index contributed by atoms with van der Waals surface area (Å²) < 4.78 is 0. The van der Waals surface area contributed by atoms with Crippen molar-refractivity contribution >= 4 is 0 Å². The molecule has 88 valence electrons. The summed E-state index contributed by atoms with van der Waals surface area (Å²) in [6, 6.07) is 8.79. The molecular formula is C14H21NO. The molecule has 1 heterocycles.